The molecule has 0 saturated carbocycles. The minimum atomic E-state index is -0.775. The Kier molecular flexibility index (Phi) is 7.04. The van der Waals surface area contributed by atoms with Gasteiger partial charge in [0.15, 0.2) is 0 Å². The number of carboxylic acid groups (broad SMARTS) is 1. The Morgan fingerprint density at radius 2 is 2.38 bits per heavy atom. The van der Waals surface area contributed by atoms with Crippen LogP contribution in [-0.2, 0) is 4.79 Å². The van der Waals surface area contributed by atoms with E-state index in [1.165, 1.54) is 0 Å². The van der Waals surface area contributed by atoms with Gasteiger partial charge >= 0.3 is 5.97 Å². The largest absolute Gasteiger partial charge is 0.480 e. The number of rotatable bonds is 7. The molecule has 0 radical (unpaired) electrons. The molecule has 74 valence electrons. The zero-order valence-corrected chi connectivity index (χ0v) is 8.05. The monoisotopic (exact) mass is 183 g/mol. The van der Waals surface area contributed by atoms with E-state index in [2.05, 4.69) is 11.2 Å². The number of unbranched alkanes of at least 4 members (excludes halogenated alkanes) is 1. The highest BCUT2D eigenvalue weighted by atomic mass is 16.4. The molecule has 3 nitrogen and oxygen atoms in total. The van der Waals surface area contributed by atoms with Gasteiger partial charge in [0, 0.05) is 6.42 Å². The van der Waals surface area contributed by atoms with Crippen molar-refractivity contribution in [2.75, 3.05) is 6.54 Å². The summed E-state index contributed by atoms with van der Waals surface area (Å²) in [7, 11) is 0. The topological polar surface area (TPSA) is 49.3 Å². The summed E-state index contributed by atoms with van der Waals surface area (Å²) in [5.74, 6) is 1.74. The number of aliphatic carboxylic acids is 1. The molecule has 0 aromatic heterocycles. The summed E-state index contributed by atoms with van der Waals surface area (Å²) in [4.78, 5) is 10.7. The number of carbonyl (C=O) groups is 1. The predicted molar refractivity (Wildman–Crippen MR) is 52.4 cm³/mol. The molecule has 1 atom stereocenters. The molecule has 0 amide bonds. The molecule has 0 aliphatic rings. The second-order valence-electron chi connectivity index (χ2n) is 2.94. The second kappa shape index (κ2) is 7.63. The van der Waals surface area contributed by atoms with Crippen LogP contribution in [0.15, 0.2) is 0 Å². The van der Waals surface area contributed by atoms with Crippen LogP contribution in [0.4, 0.5) is 0 Å². The average Bonchev–Trinajstić information content (AvgIpc) is 2.10. The molecule has 0 spiro atoms. The Hall–Kier alpha value is -1.01. The maximum atomic E-state index is 10.7. The van der Waals surface area contributed by atoms with E-state index in [1.54, 1.807) is 0 Å². The lowest BCUT2D eigenvalue weighted by atomic mass is 10.1. The molecule has 0 rings (SSSR count). The van der Waals surface area contributed by atoms with Crippen molar-refractivity contribution in [1.29, 1.82) is 0 Å². The van der Waals surface area contributed by atoms with E-state index < -0.39 is 12.0 Å². The first-order valence-electron chi connectivity index (χ1n) is 4.62. The Morgan fingerprint density at radius 1 is 1.69 bits per heavy atom. The Morgan fingerprint density at radius 3 is 2.85 bits per heavy atom. The van der Waals surface area contributed by atoms with Crippen molar-refractivity contribution in [3.8, 4) is 12.3 Å². The van der Waals surface area contributed by atoms with Crippen molar-refractivity contribution in [3.63, 3.8) is 0 Å². The highest BCUT2D eigenvalue weighted by molar-refractivity contribution is 5.73. The molecule has 13 heavy (non-hydrogen) atoms. The first-order valence-corrected chi connectivity index (χ1v) is 4.62. The third kappa shape index (κ3) is 6.18. The second-order valence-corrected chi connectivity index (χ2v) is 2.94. The summed E-state index contributed by atoms with van der Waals surface area (Å²) in [5, 5.41) is 11.7. The third-order valence-electron chi connectivity index (χ3n) is 1.76. The summed E-state index contributed by atoms with van der Waals surface area (Å²) in [6, 6.07) is -0.414. The molecule has 0 aliphatic heterocycles. The van der Waals surface area contributed by atoms with Crippen molar-refractivity contribution >= 4 is 5.97 Å². The SMILES string of the molecule is C#CCCCNC(CCC)C(=O)O. The molecule has 0 bridgehead atoms. The first-order chi connectivity index (χ1) is 6.22. The van der Waals surface area contributed by atoms with Crippen molar-refractivity contribution in [2.45, 2.75) is 38.6 Å². The molecule has 2 N–H and O–H groups in total. The molecule has 0 fully saturated rings. The van der Waals surface area contributed by atoms with Gasteiger partial charge in [0.2, 0.25) is 0 Å². The van der Waals surface area contributed by atoms with Gasteiger partial charge in [-0.2, -0.15) is 0 Å². The van der Waals surface area contributed by atoms with E-state index in [1.807, 2.05) is 6.92 Å². The van der Waals surface area contributed by atoms with Gasteiger partial charge in [-0.05, 0) is 19.4 Å². The summed E-state index contributed by atoms with van der Waals surface area (Å²) in [5.41, 5.74) is 0. The Labute approximate surface area is 79.5 Å². The fraction of sp³-hybridized carbons (Fsp3) is 0.700. The van der Waals surface area contributed by atoms with Crippen molar-refractivity contribution in [1.82, 2.24) is 5.32 Å². The van der Waals surface area contributed by atoms with Crippen LogP contribution in [0.5, 0.6) is 0 Å². The predicted octanol–water partition coefficient (Wildman–Crippen LogP) is 1.24. The van der Waals surface area contributed by atoms with E-state index in [-0.39, 0.29) is 0 Å². The van der Waals surface area contributed by atoms with E-state index in [0.29, 0.717) is 19.4 Å². The zero-order chi connectivity index (χ0) is 10.1. The van der Waals surface area contributed by atoms with Crippen LogP contribution < -0.4 is 5.32 Å². The summed E-state index contributed by atoms with van der Waals surface area (Å²) in [6.07, 6.45) is 8.15. The fourth-order valence-electron chi connectivity index (χ4n) is 1.07. The van der Waals surface area contributed by atoms with Gasteiger partial charge in [0.25, 0.3) is 0 Å². The number of terminal acetylenes is 1. The lowest BCUT2D eigenvalue weighted by Crippen LogP contribution is -2.37. The average molecular weight is 183 g/mol. The Bertz CT molecular complexity index is 184. The van der Waals surface area contributed by atoms with Crippen LogP contribution in [0.2, 0.25) is 0 Å². The highest BCUT2D eigenvalue weighted by Crippen LogP contribution is 1.97. The molecule has 0 saturated heterocycles. The molecule has 0 heterocycles. The van der Waals surface area contributed by atoms with Gasteiger partial charge in [0.05, 0.1) is 0 Å². The van der Waals surface area contributed by atoms with Crippen LogP contribution in [0.3, 0.4) is 0 Å². The van der Waals surface area contributed by atoms with Crippen molar-refractivity contribution in [3.05, 3.63) is 0 Å². The standard InChI is InChI=1S/C10H17NO2/c1-3-5-6-8-11-9(7-4-2)10(12)13/h1,9,11H,4-8H2,2H3,(H,12,13). The molecule has 3 heteroatoms. The number of hydrogen-bond donors (Lipinski definition) is 2. The van der Waals surface area contributed by atoms with Gasteiger partial charge in [-0.15, -0.1) is 12.3 Å². The lowest BCUT2D eigenvalue weighted by Gasteiger charge is -2.12. The molecule has 1 unspecified atom stereocenters. The zero-order valence-electron chi connectivity index (χ0n) is 8.05. The molecule has 0 aliphatic carbocycles. The summed E-state index contributed by atoms with van der Waals surface area (Å²) < 4.78 is 0. The highest BCUT2D eigenvalue weighted by Gasteiger charge is 2.13. The van der Waals surface area contributed by atoms with Gasteiger partial charge in [-0.3, -0.25) is 4.79 Å². The normalized spacial score (nSPS) is 12.0. The van der Waals surface area contributed by atoms with Gasteiger partial charge in [-0.25, -0.2) is 0 Å². The quantitative estimate of drug-likeness (QED) is 0.461. The van der Waals surface area contributed by atoms with Crippen LogP contribution in [0, 0.1) is 12.3 Å². The van der Waals surface area contributed by atoms with E-state index >= 15 is 0 Å². The maximum absolute atomic E-state index is 10.7. The van der Waals surface area contributed by atoms with Gasteiger partial charge in [-0.1, -0.05) is 13.3 Å². The Balaban J connectivity index is 3.58. The molecule has 0 aromatic rings. The van der Waals surface area contributed by atoms with Crippen LogP contribution in [-0.4, -0.2) is 23.7 Å². The van der Waals surface area contributed by atoms with E-state index in [9.17, 15) is 4.79 Å². The smallest absolute Gasteiger partial charge is 0.320 e. The third-order valence-corrected chi connectivity index (χ3v) is 1.76. The van der Waals surface area contributed by atoms with Gasteiger partial charge < -0.3 is 10.4 Å². The molecular weight excluding hydrogens is 166 g/mol. The molecule has 0 aromatic carbocycles. The first kappa shape index (κ1) is 12.0. The molecular formula is C10H17NO2. The van der Waals surface area contributed by atoms with Crippen LogP contribution in [0.25, 0.3) is 0 Å². The minimum absolute atomic E-state index is 0.414. The van der Waals surface area contributed by atoms with Crippen LogP contribution in [0.1, 0.15) is 32.6 Å². The lowest BCUT2D eigenvalue weighted by molar-refractivity contribution is -0.139. The maximum Gasteiger partial charge on any atom is 0.320 e. The number of hydrogen-bond acceptors (Lipinski definition) is 2. The summed E-state index contributed by atoms with van der Waals surface area (Å²) in [6.45, 7) is 2.65. The number of carboxylic acids is 1. The van der Waals surface area contributed by atoms with E-state index in [0.717, 1.165) is 12.8 Å². The van der Waals surface area contributed by atoms with Crippen LogP contribution >= 0.6 is 0 Å². The fourth-order valence-corrected chi connectivity index (χ4v) is 1.07. The van der Waals surface area contributed by atoms with Crippen molar-refractivity contribution < 1.29 is 9.90 Å². The van der Waals surface area contributed by atoms with Crippen molar-refractivity contribution in [2.24, 2.45) is 0 Å². The van der Waals surface area contributed by atoms with E-state index in [4.69, 9.17) is 11.5 Å². The summed E-state index contributed by atoms with van der Waals surface area (Å²) >= 11 is 0. The number of nitrogens with one attached hydrogen (secondary N) is 1. The van der Waals surface area contributed by atoms with Gasteiger partial charge in [0.1, 0.15) is 6.04 Å². The minimum Gasteiger partial charge on any atom is -0.480 e.